The molecule has 0 aromatic rings. The van der Waals surface area contributed by atoms with Gasteiger partial charge in [-0.3, -0.25) is 29.2 Å². The summed E-state index contributed by atoms with van der Waals surface area (Å²) in [4.78, 5) is 35.8. The zero-order valence-electron chi connectivity index (χ0n) is 64.8. The molecule has 0 amide bonds. The van der Waals surface area contributed by atoms with Gasteiger partial charge in [-0.25, -0.2) is 0 Å². The molecule has 0 spiro atoms. The van der Waals surface area contributed by atoms with Gasteiger partial charge >= 0.3 is 0 Å². The van der Waals surface area contributed by atoms with Gasteiger partial charge in [-0.15, -0.1) is 0 Å². The maximum absolute atomic E-state index is 13.4. The zero-order chi connectivity index (χ0) is 69.5. The van der Waals surface area contributed by atoms with Crippen molar-refractivity contribution in [3.8, 4) is 0 Å². The average molecular weight is 1390 g/mol. The van der Waals surface area contributed by atoms with Crippen LogP contribution in [-0.4, -0.2) is 165 Å². The average Bonchev–Trinajstić information content (AvgIpc) is 1.41. The summed E-state index contributed by atoms with van der Waals surface area (Å²) in [5.74, 6) is 1.30. The summed E-state index contributed by atoms with van der Waals surface area (Å²) in [6.45, 7) is 16.5. The topological polar surface area (TPSA) is 128 Å². The zero-order valence-corrected chi connectivity index (χ0v) is 66.5. The molecular formula is C84H168N4O6S2. The van der Waals surface area contributed by atoms with Crippen molar-refractivity contribution in [1.29, 1.82) is 0 Å². The Morgan fingerprint density at radius 2 is 0.427 bits per heavy atom. The van der Waals surface area contributed by atoms with Gasteiger partial charge in [-0.05, 0) is 25.7 Å². The number of piperazine rings is 1. The van der Waals surface area contributed by atoms with Crippen molar-refractivity contribution >= 4 is 33.8 Å². The third-order valence-corrected chi connectivity index (χ3v) is 22.6. The number of carbonyl (C=O) groups is 2. The summed E-state index contributed by atoms with van der Waals surface area (Å²) < 4.78 is 0. The molecular weight excluding hydrogens is 1230 g/mol. The first kappa shape index (κ1) is 93.7. The van der Waals surface area contributed by atoms with E-state index in [1.165, 1.54) is 357 Å². The van der Waals surface area contributed by atoms with E-state index < -0.39 is 24.4 Å². The summed E-state index contributed by atoms with van der Waals surface area (Å²) in [5.41, 5.74) is 0. The lowest BCUT2D eigenvalue weighted by Gasteiger charge is -2.33. The van der Waals surface area contributed by atoms with E-state index in [0.29, 0.717) is 63.9 Å². The Morgan fingerprint density at radius 3 is 0.594 bits per heavy atom. The Labute approximate surface area is 607 Å². The van der Waals surface area contributed by atoms with Crippen molar-refractivity contribution in [1.82, 2.24) is 19.6 Å². The number of nitrogens with zero attached hydrogens (tertiary/aromatic N) is 4. The number of carbonyl (C=O) groups excluding carboxylic acids is 2. The van der Waals surface area contributed by atoms with Crippen LogP contribution in [0, 0.1) is 0 Å². The molecule has 1 aliphatic heterocycles. The lowest BCUT2D eigenvalue weighted by Crippen LogP contribution is -2.48. The first-order valence-electron chi connectivity index (χ1n) is 43.0. The van der Waals surface area contributed by atoms with Crippen LogP contribution in [0.1, 0.15) is 413 Å². The van der Waals surface area contributed by atoms with Crippen molar-refractivity contribution in [2.75, 3.05) is 90.0 Å². The minimum atomic E-state index is -0.424. The number of unbranched alkanes of at least 4 members (excludes halogenated alkanes) is 52. The fraction of sp³-hybridized carbons (Fsp3) is 0.976. The highest BCUT2D eigenvalue weighted by Crippen LogP contribution is 2.21. The number of hydrogen-bond acceptors (Lipinski definition) is 12. The monoisotopic (exact) mass is 1390 g/mol. The molecule has 1 fully saturated rings. The van der Waals surface area contributed by atoms with Crippen molar-refractivity contribution in [3.63, 3.8) is 0 Å². The van der Waals surface area contributed by atoms with Gasteiger partial charge in [-0.2, -0.15) is 0 Å². The van der Waals surface area contributed by atoms with Gasteiger partial charge in [0, 0.05) is 77.0 Å². The summed E-state index contributed by atoms with van der Waals surface area (Å²) >= 11 is 2.78. The molecule has 10 nitrogen and oxygen atoms in total. The molecule has 0 radical (unpaired) electrons. The Balaban J connectivity index is 2.58. The normalized spacial score (nSPS) is 14.6. The van der Waals surface area contributed by atoms with Gasteiger partial charge in [0.15, 0.2) is 0 Å². The lowest BCUT2D eigenvalue weighted by atomic mass is 10.0. The largest absolute Gasteiger partial charge is 0.392 e. The molecule has 12 heteroatoms. The molecule has 4 unspecified atom stereocenters. The second-order valence-corrected chi connectivity index (χ2v) is 33.0. The van der Waals surface area contributed by atoms with Gasteiger partial charge in [0.2, 0.25) is 10.2 Å². The van der Waals surface area contributed by atoms with Gasteiger partial charge in [0.05, 0.1) is 37.5 Å². The van der Waals surface area contributed by atoms with Crippen LogP contribution in [0.15, 0.2) is 0 Å². The highest BCUT2D eigenvalue weighted by atomic mass is 32.2. The summed E-state index contributed by atoms with van der Waals surface area (Å²) in [5, 5.41) is 45.4. The molecule has 4 atom stereocenters. The predicted molar refractivity (Wildman–Crippen MR) is 424 cm³/mol. The molecule has 1 heterocycles. The molecule has 1 saturated heterocycles. The maximum atomic E-state index is 13.4. The fourth-order valence-corrected chi connectivity index (χ4v) is 16.2. The van der Waals surface area contributed by atoms with E-state index in [1.807, 2.05) is 0 Å². The SMILES string of the molecule is CCCCCCCCCCCCCCCCC(O)CN(CCSC(=O)CN1CCN(CC(=O)SCCN(CC(O)CCCCCCCCCCCCCCCC)CC(O)CCCCCCCCCCCCCCCC)CC1)CC(O)CCCCCCCCCCCCCCCC. The van der Waals surface area contributed by atoms with Gasteiger partial charge in [0.25, 0.3) is 0 Å². The number of thioether (sulfide) groups is 2. The van der Waals surface area contributed by atoms with Crippen LogP contribution < -0.4 is 0 Å². The Morgan fingerprint density at radius 1 is 0.271 bits per heavy atom. The third-order valence-electron chi connectivity index (χ3n) is 21.0. The second-order valence-electron chi connectivity index (χ2n) is 30.7. The summed E-state index contributed by atoms with van der Waals surface area (Å²) in [7, 11) is 0. The molecule has 0 aromatic heterocycles. The van der Waals surface area contributed by atoms with Gasteiger partial charge in [-0.1, -0.05) is 411 Å². The highest BCUT2D eigenvalue weighted by Gasteiger charge is 2.23. The molecule has 96 heavy (non-hydrogen) atoms. The van der Waals surface area contributed by atoms with Crippen molar-refractivity contribution in [2.24, 2.45) is 0 Å². The van der Waals surface area contributed by atoms with Crippen LogP contribution in [0.4, 0.5) is 0 Å². The van der Waals surface area contributed by atoms with E-state index in [2.05, 4.69) is 47.3 Å². The Kier molecular flexibility index (Phi) is 72.7. The quantitative estimate of drug-likeness (QED) is 0.0433. The minimum absolute atomic E-state index is 0.167. The second kappa shape index (κ2) is 74.4. The van der Waals surface area contributed by atoms with E-state index >= 15 is 0 Å². The smallest absolute Gasteiger partial charge is 0.202 e. The molecule has 0 saturated carbocycles. The number of aliphatic hydroxyl groups is 4. The van der Waals surface area contributed by atoms with Crippen LogP contribution in [0.5, 0.6) is 0 Å². The predicted octanol–water partition coefficient (Wildman–Crippen LogP) is 22.7. The molecule has 0 aromatic carbocycles. The van der Waals surface area contributed by atoms with E-state index in [9.17, 15) is 30.0 Å². The molecule has 1 aliphatic rings. The van der Waals surface area contributed by atoms with Crippen molar-refractivity contribution in [3.05, 3.63) is 0 Å². The third kappa shape index (κ3) is 66.9. The molecule has 0 aliphatic carbocycles. The van der Waals surface area contributed by atoms with E-state index in [0.717, 1.165) is 77.5 Å². The summed E-state index contributed by atoms with van der Waals surface area (Å²) in [6.07, 6.45) is 75.5. The Bertz CT molecular complexity index is 1390. The first-order chi connectivity index (χ1) is 47.1. The van der Waals surface area contributed by atoms with Crippen LogP contribution in [0.3, 0.4) is 0 Å². The van der Waals surface area contributed by atoms with Crippen LogP contribution in [-0.2, 0) is 9.59 Å². The molecule has 1 rings (SSSR count). The van der Waals surface area contributed by atoms with E-state index in [4.69, 9.17) is 0 Å². The highest BCUT2D eigenvalue weighted by molar-refractivity contribution is 8.14. The molecule has 0 bridgehead atoms. The molecule has 572 valence electrons. The van der Waals surface area contributed by atoms with Gasteiger partial charge in [0.1, 0.15) is 0 Å². The van der Waals surface area contributed by atoms with E-state index in [1.54, 1.807) is 0 Å². The number of rotatable bonds is 78. The van der Waals surface area contributed by atoms with Crippen LogP contribution in [0.2, 0.25) is 0 Å². The van der Waals surface area contributed by atoms with E-state index in [-0.39, 0.29) is 10.2 Å². The first-order valence-corrected chi connectivity index (χ1v) is 45.0. The molecule has 4 N–H and O–H groups in total. The lowest BCUT2D eigenvalue weighted by molar-refractivity contribution is -0.114. The van der Waals surface area contributed by atoms with Crippen LogP contribution in [0.25, 0.3) is 0 Å². The number of aliphatic hydroxyl groups excluding tert-OH is 4. The maximum Gasteiger partial charge on any atom is 0.202 e. The standard InChI is InChI=1S/C84H168N4O6S2/c1-5-9-13-17-21-25-29-33-37-41-45-49-53-57-61-79(89)73-87(74-80(90)62-58-54-50-46-42-38-34-30-26-22-18-14-10-6-2)69-71-95-83(93)77-85-65-67-86(68-66-85)78-84(94)96-72-70-88(75-81(91)63-59-55-51-47-43-39-35-31-27-23-19-15-11-7-3)76-82(92)64-60-56-52-48-44-40-36-32-28-24-20-16-12-8-4/h79-82,89-92H,5-78H2,1-4H3. The fourth-order valence-electron chi connectivity index (χ4n) is 14.5. The van der Waals surface area contributed by atoms with Crippen molar-refractivity contribution < 1.29 is 30.0 Å². The van der Waals surface area contributed by atoms with Crippen LogP contribution >= 0.6 is 23.5 Å². The number of hydrogen-bond donors (Lipinski definition) is 4. The Hall–Kier alpha value is -0.280. The van der Waals surface area contributed by atoms with Crippen molar-refractivity contribution in [2.45, 2.75) is 437 Å². The summed E-state index contributed by atoms with van der Waals surface area (Å²) in [6, 6.07) is 0. The van der Waals surface area contributed by atoms with Gasteiger partial charge < -0.3 is 20.4 Å². The minimum Gasteiger partial charge on any atom is -0.392 e.